The molecule has 1 aliphatic rings. The van der Waals surface area contributed by atoms with E-state index in [-0.39, 0.29) is 5.97 Å². The van der Waals surface area contributed by atoms with Crippen molar-refractivity contribution < 1.29 is 9.53 Å². The van der Waals surface area contributed by atoms with Gasteiger partial charge in [-0.25, -0.2) is 4.98 Å². The van der Waals surface area contributed by atoms with Gasteiger partial charge in [-0.1, -0.05) is 51.8 Å². The zero-order valence-electron chi connectivity index (χ0n) is 19.7. The molecule has 1 N–H and O–H groups in total. The lowest BCUT2D eigenvalue weighted by Gasteiger charge is -2.29. The Balaban J connectivity index is 1.68. The Morgan fingerprint density at radius 2 is 1.97 bits per heavy atom. The molecule has 2 unspecified atom stereocenters. The molecule has 1 heterocycles. The summed E-state index contributed by atoms with van der Waals surface area (Å²) in [4.78, 5) is 16.6. The molecule has 5 nitrogen and oxygen atoms in total. The standard InChI is InChI=1S/C27H35N3O2/c1-18(2)21-10-12-22(13-11-21)28-27-29-24-17-20(9-15-26(31)32-4)8-14-25(24)30(27)23-7-5-6-19(3)16-23/h8,10-14,17-19,23H,5-7,9,15-16H2,1-4H3,(H,28,29). The predicted octanol–water partition coefficient (Wildman–Crippen LogP) is 6.76. The first-order chi connectivity index (χ1) is 15.4. The number of ether oxygens (including phenoxy) is 1. The molecule has 170 valence electrons. The van der Waals surface area contributed by atoms with Crippen molar-refractivity contribution in [2.75, 3.05) is 12.4 Å². The maximum atomic E-state index is 11.6. The Hall–Kier alpha value is -2.82. The number of anilines is 2. The van der Waals surface area contributed by atoms with Crippen LogP contribution in [0.3, 0.4) is 0 Å². The van der Waals surface area contributed by atoms with Crippen molar-refractivity contribution in [3.8, 4) is 0 Å². The Labute approximate surface area is 191 Å². The Morgan fingerprint density at radius 3 is 2.66 bits per heavy atom. The highest BCUT2D eigenvalue weighted by molar-refractivity contribution is 5.81. The van der Waals surface area contributed by atoms with Gasteiger partial charge in [0.2, 0.25) is 5.95 Å². The van der Waals surface area contributed by atoms with E-state index in [1.807, 2.05) is 0 Å². The van der Waals surface area contributed by atoms with Crippen LogP contribution in [-0.2, 0) is 16.0 Å². The molecule has 4 rings (SSSR count). The summed E-state index contributed by atoms with van der Waals surface area (Å²) in [5.74, 6) is 1.96. The van der Waals surface area contributed by atoms with Crippen LogP contribution in [-0.4, -0.2) is 22.6 Å². The molecular weight excluding hydrogens is 398 g/mol. The lowest BCUT2D eigenvalue weighted by Crippen LogP contribution is -2.19. The molecule has 0 saturated heterocycles. The van der Waals surface area contributed by atoms with E-state index in [1.165, 1.54) is 38.4 Å². The van der Waals surface area contributed by atoms with Gasteiger partial charge < -0.3 is 14.6 Å². The van der Waals surface area contributed by atoms with Crippen molar-refractivity contribution in [2.45, 2.75) is 71.3 Å². The van der Waals surface area contributed by atoms with E-state index in [9.17, 15) is 4.79 Å². The summed E-state index contributed by atoms with van der Waals surface area (Å²) >= 11 is 0. The Bertz CT molecular complexity index is 1070. The first-order valence-corrected chi connectivity index (χ1v) is 11.9. The van der Waals surface area contributed by atoms with Crippen LogP contribution in [0.15, 0.2) is 42.5 Å². The third kappa shape index (κ3) is 4.98. The van der Waals surface area contributed by atoms with Crippen molar-refractivity contribution in [1.29, 1.82) is 0 Å². The first-order valence-electron chi connectivity index (χ1n) is 11.9. The number of benzene rings is 2. The van der Waals surface area contributed by atoms with Crippen molar-refractivity contribution in [3.05, 3.63) is 53.6 Å². The monoisotopic (exact) mass is 433 g/mol. The van der Waals surface area contributed by atoms with E-state index in [2.05, 4.69) is 73.1 Å². The van der Waals surface area contributed by atoms with Crippen molar-refractivity contribution in [3.63, 3.8) is 0 Å². The second-order valence-corrected chi connectivity index (χ2v) is 9.53. The zero-order valence-corrected chi connectivity index (χ0v) is 19.7. The molecule has 1 aliphatic carbocycles. The molecule has 1 aromatic heterocycles. The van der Waals surface area contributed by atoms with Crippen LogP contribution in [0, 0.1) is 5.92 Å². The van der Waals surface area contributed by atoms with Crippen LogP contribution >= 0.6 is 0 Å². The number of hydrogen-bond acceptors (Lipinski definition) is 4. The third-order valence-corrected chi connectivity index (χ3v) is 6.71. The molecular formula is C27H35N3O2. The minimum absolute atomic E-state index is 0.181. The number of fused-ring (bicyclic) bond motifs is 1. The van der Waals surface area contributed by atoms with Gasteiger partial charge in [-0.3, -0.25) is 4.79 Å². The highest BCUT2D eigenvalue weighted by Crippen LogP contribution is 2.37. The van der Waals surface area contributed by atoms with Gasteiger partial charge in [-0.2, -0.15) is 0 Å². The van der Waals surface area contributed by atoms with E-state index in [4.69, 9.17) is 9.72 Å². The van der Waals surface area contributed by atoms with Crippen LogP contribution in [0.1, 0.15) is 76.0 Å². The number of carbonyl (C=O) groups excluding carboxylic acids is 1. The number of hydrogen-bond donors (Lipinski definition) is 1. The lowest BCUT2D eigenvalue weighted by atomic mass is 9.87. The van der Waals surface area contributed by atoms with E-state index >= 15 is 0 Å². The second kappa shape index (κ2) is 9.76. The highest BCUT2D eigenvalue weighted by Gasteiger charge is 2.25. The van der Waals surface area contributed by atoms with Crippen LogP contribution in [0.25, 0.3) is 11.0 Å². The fourth-order valence-corrected chi connectivity index (χ4v) is 4.82. The van der Waals surface area contributed by atoms with Gasteiger partial charge in [-0.05, 0) is 66.5 Å². The normalized spacial score (nSPS) is 18.8. The molecule has 2 aromatic carbocycles. The lowest BCUT2D eigenvalue weighted by molar-refractivity contribution is -0.140. The smallest absolute Gasteiger partial charge is 0.305 e. The fraction of sp³-hybridized carbons (Fsp3) is 0.481. The van der Waals surface area contributed by atoms with Gasteiger partial charge >= 0.3 is 5.97 Å². The largest absolute Gasteiger partial charge is 0.469 e. The number of rotatable bonds is 7. The summed E-state index contributed by atoms with van der Waals surface area (Å²) in [6, 6.07) is 15.5. The summed E-state index contributed by atoms with van der Waals surface area (Å²) in [5.41, 5.74) is 5.64. The quantitative estimate of drug-likeness (QED) is 0.418. The van der Waals surface area contributed by atoms with Gasteiger partial charge in [0.1, 0.15) is 0 Å². The predicted molar refractivity (Wildman–Crippen MR) is 131 cm³/mol. The Morgan fingerprint density at radius 1 is 1.19 bits per heavy atom. The van der Waals surface area contributed by atoms with Gasteiger partial charge in [0.15, 0.2) is 0 Å². The number of aromatic nitrogens is 2. The van der Waals surface area contributed by atoms with Gasteiger partial charge in [0.25, 0.3) is 0 Å². The van der Waals surface area contributed by atoms with Gasteiger partial charge in [0, 0.05) is 18.2 Å². The van der Waals surface area contributed by atoms with Crippen LogP contribution in [0.2, 0.25) is 0 Å². The molecule has 1 saturated carbocycles. The summed E-state index contributed by atoms with van der Waals surface area (Å²) < 4.78 is 7.20. The summed E-state index contributed by atoms with van der Waals surface area (Å²) in [6.45, 7) is 6.78. The number of nitrogens with one attached hydrogen (secondary N) is 1. The van der Waals surface area contributed by atoms with Crippen molar-refractivity contribution in [2.24, 2.45) is 5.92 Å². The molecule has 2 atom stereocenters. The van der Waals surface area contributed by atoms with E-state index in [1.54, 1.807) is 0 Å². The minimum Gasteiger partial charge on any atom is -0.469 e. The highest BCUT2D eigenvalue weighted by atomic mass is 16.5. The van der Waals surface area contributed by atoms with Gasteiger partial charge in [-0.15, -0.1) is 0 Å². The molecule has 0 spiro atoms. The summed E-state index contributed by atoms with van der Waals surface area (Å²) in [7, 11) is 1.43. The topological polar surface area (TPSA) is 56.1 Å². The maximum Gasteiger partial charge on any atom is 0.305 e. The number of aryl methyl sites for hydroxylation is 1. The van der Waals surface area contributed by atoms with Gasteiger partial charge in [0.05, 0.1) is 18.1 Å². The third-order valence-electron chi connectivity index (χ3n) is 6.71. The maximum absolute atomic E-state index is 11.6. The van der Waals surface area contributed by atoms with Crippen molar-refractivity contribution in [1.82, 2.24) is 9.55 Å². The first kappa shape index (κ1) is 22.4. The fourth-order valence-electron chi connectivity index (χ4n) is 4.82. The second-order valence-electron chi connectivity index (χ2n) is 9.53. The van der Waals surface area contributed by atoms with Crippen LogP contribution in [0.5, 0.6) is 0 Å². The number of imidazole rings is 1. The molecule has 5 heteroatoms. The zero-order chi connectivity index (χ0) is 22.7. The van der Waals surface area contributed by atoms with Crippen molar-refractivity contribution >= 4 is 28.6 Å². The molecule has 0 amide bonds. The SMILES string of the molecule is COC(=O)CCc1ccc2c(c1)nc(Nc1ccc(C(C)C)cc1)n2C1CCCC(C)C1. The van der Waals surface area contributed by atoms with E-state index in [0.29, 0.717) is 24.8 Å². The summed E-state index contributed by atoms with van der Waals surface area (Å²) in [6.07, 6.45) is 5.97. The Kier molecular flexibility index (Phi) is 6.83. The molecule has 0 bridgehead atoms. The molecule has 32 heavy (non-hydrogen) atoms. The molecule has 3 aromatic rings. The average Bonchev–Trinajstić information content (AvgIpc) is 3.14. The number of esters is 1. The molecule has 1 fully saturated rings. The van der Waals surface area contributed by atoms with E-state index < -0.39 is 0 Å². The minimum atomic E-state index is -0.181. The number of methoxy groups -OCH3 is 1. The van der Waals surface area contributed by atoms with Crippen LogP contribution in [0.4, 0.5) is 11.6 Å². The summed E-state index contributed by atoms with van der Waals surface area (Å²) in [5, 5.41) is 3.60. The molecule has 0 aliphatic heterocycles. The average molecular weight is 434 g/mol. The number of nitrogens with zero attached hydrogens (tertiary/aromatic N) is 2. The number of carbonyl (C=O) groups is 1. The van der Waals surface area contributed by atoms with Crippen LogP contribution < -0.4 is 5.32 Å². The van der Waals surface area contributed by atoms with E-state index in [0.717, 1.165) is 34.2 Å². The molecule has 0 radical (unpaired) electrons.